The van der Waals surface area contributed by atoms with Crippen LogP contribution < -0.4 is 5.32 Å². The third kappa shape index (κ3) is 5.80. The molecule has 0 spiro atoms. The average molecular weight is 367 g/mol. The van der Waals surface area contributed by atoms with E-state index in [1.54, 1.807) is 12.1 Å². The van der Waals surface area contributed by atoms with Crippen molar-refractivity contribution in [1.82, 2.24) is 5.32 Å². The average Bonchev–Trinajstić information content (AvgIpc) is 3.11. The van der Waals surface area contributed by atoms with E-state index in [1.807, 2.05) is 0 Å². The summed E-state index contributed by atoms with van der Waals surface area (Å²) in [5.41, 5.74) is -0.385. The lowest BCUT2D eigenvalue weighted by atomic mass is 10.1. The fraction of sp³-hybridized carbons (Fsp3) is 0.222. The zero-order valence-corrected chi connectivity index (χ0v) is 13.7. The lowest BCUT2D eigenvalue weighted by molar-refractivity contribution is -0.150. The highest BCUT2D eigenvalue weighted by molar-refractivity contribution is 5.90. The predicted molar refractivity (Wildman–Crippen MR) is 86.6 cm³/mol. The first-order valence-electron chi connectivity index (χ1n) is 7.62. The molecule has 0 saturated carbocycles. The quantitative estimate of drug-likeness (QED) is 0.626. The maximum atomic E-state index is 12.5. The first-order valence-corrected chi connectivity index (χ1v) is 7.62. The second-order valence-electron chi connectivity index (χ2n) is 5.33. The second kappa shape index (κ2) is 8.37. The number of halogens is 3. The topological polar surface area (TPSA) is 68.5 Å². The van der Waals surface area contributed by atoms with E-state index in [9.17, 15) is 22.8 Å². The van der Waals surface area contributed by atoms with Gasteiger partial charge < -0.3 is 14.5 Å². The SMILES string of the molecule is C[C@H](OC(=O)/C=C/c1ccc(C(F)(F)F)cc1)C(=O)NCc1ccco1. The van der Waals surface area contributed by atoms with E-state index in [4.69, 9.17) is 9.15 Å². The van der Waals surface area contributed by atoms with Gasteiger partial charge >= 0.3 is 12.1 Å². The summed E-state index contributed by atoms with van der Waals surface area (Å²) >= 11 is 0. The monoisotopic (exact) mass is 367 g/mol. The van der Waals surface area contributed by atoms with Crippen molar-refractivity contribution in [2.75, 3.05) is 0 Å². The molecule has 1 aromatic heterocycles. The van der Waals surface area contributed by atoms with Gasteiger partial charge in [-0.1, -0.05) is 12.1 Å². The van der Waals surface area contributed by atoms with E-state index in [1.165, 1.54) is 31.4 Å². The highest BCUT2D eigenvalue weighted by atomic mass is 19.4. The molecule has 2 rings (SSSR count). The molecular formula is C18H16F3NO4. The molecule has 0 bridgehead atoms. The molecule has 0 fully saturated rings. The Morgan fingerprint density at radius 2 is 1.92 bits per heavy atom. The Labute approximate surface area is 147 Å². The Morgan fingerprint density at radius 1 is 1.23 bits per heavy atom. The maximum Gasteiger partial charge on any atom is 0.416 e. The van der Waals surface area contributed by atoms with Gasteiger partial charge in [0.25, 0.3) is 5.91 Å². The van der Waals surface area contributed by atoms with Crippen molar-refractivity contribution in [1.29, 1.82) is 0 Å². The van der Waals surface area contributed by atoms with Crippen molar-refractivity contribution in [3.63, 3.8) is 0 Å². The standard InChI is InChI=1S/C18H16F3NO4/c1-12(17(24)22-11-15-3-2-10-25-15)26-16(23)9-6-13-4-7-14(8-5-13)18(19,20)21/h2-10,12H,11H2,1H3,(H,22,24)/b9-6+/t12-/m0/s1. The number of carbonyl (C=O) groups excluding carboxylic acids is 2. The normalized spacial score (nSPS) is 12.8. The zero-order valence-electron chi connectivity index (χ0n) is 13.7. The van der Waals surface area contributed by atoms with E-state index in [0.29, 0.717) is 11.3 Å². The fourth-order valence-electron chi connectivity index (χ4n) is 1.95. The van der Waals surface area contributed by atoms with Crippen molar-refractivity contribution in [3.8, 4) is 0 Å². The third-order valence-electron chi connectivity index (χ3n) is 3.33. The molecule has 26 heavy (non-hydrogen) atoms. The summed E-state index contributed by atoms with van der Waals surface area (Å²) in [6, 6.07) is 7.64. The van der Waals surface area contributed by atoms with Gasteiger partial charge in [0.15, 0.2) is 6.10 Å². The molecule has 0 unspecified atom stereocenters. The Bertz CT molecular complexity index is 765. The number of hydrogen-bond acceptors (Lipinski definition) is 4. The number of furan rings is 1. The molecule has 0 saturated heterocycles. The summed E-state index contributed by atoms with van der Waals surface area (Å²) < 4.78 is 47.4. The Kier molecular flexibility index (Phi) is 6.21. The second-order valence-corrected chi connectivity index (χ2v) is 5.33. The van der Waals surface area contributed by atoms with Crippen LogP contribution in [-0.2, 0) is 27.0 Å². The zero-order chi connectivity index (χ0) is 19.2. The summed E-state index contributed by atoms with van der Waals surface area (Å²) in [4.78, 5) is 23.5. The molecule has 0 radical (unpaired) electrons. The fourth-order valence-corrected chi connectivity index (χ4v) is 1.95. The molecule has 8 heteroatoms. The van der Waals surface area contributed by atoms with Gasteiger partial charge in [-0.3, -0.25) is 4.79 Å². The number of esters is 1. The summed E-state index contributed by atoms with van der Waals surface area (Å²) in [6.07, 6.45) is -1.64. The van der Waals surface area contributed by atoms with Gasteiger partial charge in [-0.2, -0.15) is 13.2 Å². The molecule has 138 valence electrons. The highest BCUT2D eigenvalue weighted by Crippen LogP contribution is 2.29. The van der Waals surface area contributed by atoms with Gasteiger partial charge in [0, 0.05) is 6.08 Å². The van der Waals surface area contributed by atoms with Gasteiger partial charge in [0.05, 0.1) is 18.4 Å². The van der Waals surface area contributed by atoms with Crippen LogP contribution >= 0.6 is 0 Å². The van der Waals surface area contributed by atoms with Crippen LogP contribution in [0, 0.1) is 0 Å². The first kappa shape index (κ1) is 19.3. The number of benzene rings is 1. The Balaban J connectivity index is 1.83. The van der Waals surface area contributed by atoms with Crippen molar-refractivity contribution in [3.05, 3.63) is 65.6 Å². The molecule has 0 aliphatic rings. The number of rotatable bonds is 6. The van der Waals surface area contributed by atoms with Crippen LogP contribution in [0.3, 0.4) is 0 Å². The maximum absolute atomic E-state index is 12.5. The van der Waals surface area contributed by atoms with Gasteiger partial charge in [0.2, 0.25) is 0 Å². The van der Waals surface area contributed by atoms with E-state index in [-0.39, 0.29) is 6.54 Å². The minimum Gasteiger partial charge on any atom is -0.467 e. The summed E-state index contributed by atoms with van der Waals surface area (Å²) in [7, 11) is 0. The van der Waals surface area contributed by atoms with E-state index in [2.05, 4.69) is 5.32 Å². The Morgan fingerprint density at radius 3 is 2.50 bits per heavy atom. The summed E-state index contributed by atoms with van der Waals surface area (Å²) in [5, 5.41) is 2.54. The van der Waals surface area contributed by atoms with Crippen molar-refractivity contribution in [2.24, 2.45) is 0 Å². The van der Waals surface area contributed by atoms with Gasteiger partial charge in [0.1, 0.15) is 5.76 Å². The van der Waals surface area contributed by atoms with Crippen LogP contribution in [0.25, 0.3) is 6.08 Å². The lowest BCUT2D eigenvalue weighted by Crippen LogP contribution is -2.35. The molecular weight excluding hydrogens is 351 g/mol. The van der Waals surface area contributed by atoms with E-state index in [0.717, 1.165) is 18.2 Å². The lowest BCUT2D eigenvalue weighted by Gasteiger charge is -2.11. The number of alkyl halides is 3. The van der Waals surface area contributed by atoms with Crippen LogP contribution in [0.4, 0.5) is 13.2 Å². The van der Waals surface area contributed by atoms with Crippen molar-refractivity contribution in [2.45, 2.75) is 25.7 Å². The molecule has 1 atom stereocenters. The molecule has 1 N–H and O–H groups in total. The number of amides is 1. The third-order valence-corrected chi connectivity index (χ3v) is 3.33. The molecule has 5 nitrogen and oxygen atoms in total. The van der Waals surface area contributed by atoms with Crippen molar-refractivity contribution >= 4 is 18.0 Å². The summed E-state index contributed by atoms with van der Waals surface area (Å²) in [6.45, 7) is 1.57. The van der Waals surface area contributed by atoms with Crippen molar-refractivity contribution < 1.29 is 31.9 Å². The molecule has 1 heterocycles. The Hall–Kier alpha value is -3.03. The first-order chi connectivity index (χ1) is 12.3. The summed E-state index contributed by atoms with van der Waals surface area (Å²) in [5.74, 6) is -0.734. The number of carbonyl (C=O) groups is 2. The predicted octanol–water partition coefficient (Wildman–Crippen LogP) is 3.56. The number of ether oxygens (including phenoxy) is 1. The van der Waals surface area contributed by atoms with Crippen LogP contribution in [-0.4, -0.2) is 18.0 Å². The largest absolute Gasteiger partial charge is 0.467 e. The molecule has 1 aromatic carbocycles. The minimum atomic E-state index is -4.42. The minimum absolute atomic E-state index is 0.162. The van der Waals surface area contributed by atoms with Gasteiger partial charge in [-0.15, -0.1) is 0 Å². The molecule has 0 aliphatic carbocycles. The van der Waals surface area contributed by atoms with Crippen LogP contribution in [0.1, 0.15) is 23.8 Å². The highest BCUT2D eigenvalue weighted by Gasteiger charge is 2.29. The molecule has 1 amide bonds. The number of hydrogen-bond donors (Lipinski definition) is 1. The number of nitrogens with one attached hydrogen (secondary N) is 1. The molecule has 0 aliphatic heterocycles. The van der Waals surface area contributed by atoms with Gasteiger partial charge in [-0.05, 0) is 42.8 Å². The van der Waals surface area contributed by atoms with E-state index < -0.39 is 29.7 Å². The van der Waals surface area contributed by atoms with Crippen LogP contribution in [0.2, 0.25) is 0 Å². The van der Waals surface area contributed by atoms with E-state index >= 15 is 0 Å². The smallest absolute Gasteiger partial charge is 0.416 e. The van der Waals surface area contributed by atoms with Crippen LogP contribution in [0.15, 0.2) is 53.2 Å². The van der Waals surface area contributed by atoms with Gasteiger partial charge in [-0.25, -0.2) is 4.79 Å². The molecule has 2 aromatic rings. The van der Waals surface area contributed by atoms with Crippen LogP contribution in [0.5, 0.6) is 0 Å².